The number of carbonyl (C=O) groups is 1. The molecule has 1 aromatic carbocycles. The van der Waals surface area contributed by atoms with Crippen molar-refractivity contribution < 1.29 is 23.1 Å². The maximum absolute atomic E-state index is 10.6. The van der Waals surface area contributed by atoms with Crippen molar-refractivity contribution in [3.8, 4) is 11.3 Å². The molecular formula is C16H16F3N3O2. The van der Waals surface area contributed by atoms with Crippen LogP contribution in [0.4, 0.5) is 13.2 Å². The Morgan fingerprint density at radius 3 is 2.42 bits per heavy atom. The molecule has 0 saturated carbocycles. The summed E-state index contributed by atoms with van der Waals surface area (Å²) in [5.74, 6) is -1.70. The number of carboxylic acids is 1. The number of nitrogens with one attached hydrogen (secondary N) is 1. The average molecular weight is 339 g/mol. The van der Waals surface area contributed by atoms with Crippen LogP contribution in [0.3, 0.4) is 0 Å². The number of halogens is 3. The fourth-order valence-electron chi connectivity index (χ4n) is 2.42. The number of rotatable bonds is 1. The van der Waals surface area contributed by atoms with Gasteiger partial charge in [-0.15, -0.1) is 0 Å². The zero-order valence-corrected chi connectivity index (χ0v) is 12.7. The van der Waals surface area contributed by atoms with Gasteiger partial charge in [-0.25, -0.2) is 9.78 Å². The van der Waals surface area contributed by atoms with Gasteiger partial charge in [0.15, 0.2) is 0 Å². The zero-order valence-electron chi connectivity index (χ0n) is 12.7. The minimum atomic E-state index is -5.08. The molecule has 128 valence electrons. The Kier molecular flexibility index (Phi) is 5.38. The molecule has 2 N–H and O–H groups in total. The first-order chi connectivity index (χ1) is 11.3. The van der Waals surface area contributed by atoms with Crippen LogP contribution in [0.25, 0.3) is 11.3 Å². The van der Waals surface area contributed by atoms with Gasteiger partial charge in [0.25, 0.3) is 0 Å². The van der Waals surface area contributed by atoms with Crippen LogP contribution in [-0.4, -0.2) is 26.8 Å². The van der Waals surface area contributed by atoms with Gasteiger partial charge in [0.05, 0.1) is 5.69 Å². The fraction of sp³-hybridized carbons (Fsp3) is 0.312. The molecule has 0 radical (unpaired) electrons. The molecule has 1 aliphatic heterocycles. The highest BCUT2D eigenvalue weighted by Crippen LogP contribution is 2.22. The second-order valence-corrected chi connectivity index (χ2v) is 5.22. The van der Waals surface area contributed by atoms with Gasteiger partial charge in [-0.05, 0) is 18.4 Å². The van der Waals surface area contributed by atoms with Gasteiger partial charge in [-0.2, -0.15) is 13.2 Å². The molecule has 0 spiro atoms. The predicted molar refractivity (Wildman–Crippen MR) is 80.1 cm³/mol. The largest absolute Gasteiger partial charge is 0.490 e. The van der Waals surface area contributed by atoms with Crippen LogP contribution in [0, 0.1) is 5.41 Å². The molecule has 0 amide bonds. The summed E-state index contributed by atoms with van der Waals surface area (Å²) in [5.41, 5.74) is 2.67. The van der Waals surface area contributed by atoms with Gasteiger partial charge >= 0.3 is 12.1 Å². The van der Waals surface area contributed by atoms with E-state index in [-0.39, 0.29) is 0 Å². The highest BCUT2D eigenvalue weighted by molar-refractivity contribution is 5.73. The summed E-state index contributed by atoms with van der Waals surface area (Å²) in [7, 11) is 0. The Morgan fingerprint density at radius 1 is 1.21 bits per heavy atom. The van der Waals surface area contributed by atoms with Crippen LogP contribution in [-0.2, 0) is 17.8 Å². The van der Waals surface area contributed by atoms with E-state index in [1.807, 2.05) is 24.3 Å². The summed E-state index contributed by atoms with van der Waals surface area (Å²) in [5, 5.41) is 14.9. The summed E-state index contributed by atoms with van der Waals surface area (Å²) in [6.07, 6.45) is -1.70. The number of fused-ring (bicyclic) bond motifs is 1. The van der Waals surface area contributed by atoms with Crippen LogP contribution in [0.15, 0.2) is 36.4 Å². The second-order valence-electron chi connectivity index (χ2n) is 5.22. The van der Waals surface area contributed by atoms with Crippen molar-refractivity contribution in [1.29, 1.82) is 5.41 Å². The van der Waals surface area contributed by atoms with Crippen molar-refractivity contribution in [3.05, 3.63) is 47.7 Å². The smallest absolute Gasteiger partial charge is 0.475 e. The van der Waals surface area contributed by atoms with Gasteiger partial charge in [0.2, 0.25) is 0 Å². The van der Waals surface area contributed by atoms with E-state index >= 15 is 0 Å². The summed E-state index contributed by atoms with van der Waals surface area (Å²) in [4.78, 5) is 13.2. The summed E-state index contributed by atoms with van der Waals surface area (Å²) < 4.78 is 34.0. The van der Waals surface area contributed by atoms with Crippen LogP contribution >= 0.6 is 0 Å². The lowest BCUT2D eigenvalue weighted by atomic mass is 10.1. The van der Waals surface area contributed by atoms with E-state index in [1.165, 1.54) is 18.4 Å². The molecule has 1 aromatic heterocycles. The topological polar surface area (TPSA) is 79.0 Å². The third-order valence-corrected chi connectivity index (χ3v) is 3.47. The first-order valence-corrected chi connectivity index (χ1v) is 7.30. The lowest BCUT2D eigenvalue weighted by Gasteiger charge is -2.21. The summed E-state index contributed by atoms with van der Waals surface area (Å²) in [6, 6.07) is 12.1. The number of aliphatic carboxylic acids is 1. The Hall–Kier alpha value is -2.64. The molecule has 0 unspecified atom stereocenters. The minimum Gasteiger partial charge on any atom is -0.475 e. The molecule has 0 atom stereocenters. The molecular weight excluding hydrogens is 323 g/mol. The van der Waals surface area contributed by atoms with Gasteiger partial charge in [-0.1, -0.05) is 30.3 Å². The standard InChI is InChI=1S/C14H15N3.C2HF3O2/c15-13-10-12(11-6-2-1-3-7-11)17-9-5-4-8-14(17)16-13;3-2(4,5)1(6)7/h1-3,6-7,10,15H,4-5,8-9H2;(H,6,7). The lowest BCUT2D eigenvalue weighted by molar-refractivity contribution is -0.192. The van der Waals surface area contributed by atoms with Crippen LogP contribution in [0.1, 0.15) is 18.7 Å². The SMILES string of the molecule is N=c1cc(-c2ccccc2)n2c(n1)CCCC2.O=C(O)C(F)(F)F. The lowest BCUT2D eigenvalue weighted by Crippen LogP contribution is -2.22. The molecule has 0 fully saturated rings. The van der Waals surface area contributed by atoms with E-state index in [0.717, 1.165) is 24.5 Å². The minimum absolute atomic E-state index is 0.372. The van der Waals surface area contributed by atoms with Crippen molar-refractivity contribution in [1.82, 2.24) is 9.55 Å². The van der Waals surface area contributed by atoms with E-state index in [1.54, 1.807) is 0 Å². The number of aromatic nitrogens is 2. The molecule has 8 heteroatoms. The molecule has 3 rings (SSSR count). The van der Waals surface area contributed by atoms with E-state index in [9.17, 15) is 13.2 Å². The van der Waals surface area contributed by atoms with Crippen LogP contribution < -0.4 is 5.49 Å². The normalized spacial score (nSPS) is 13.5. The highest BCUT2D eigenvalue weighted by Gasteiger charge is 2.38. The summed E-state index contributed by atoms with van der Waals surface area (Å²) in [6.45, 7) is 1.02. The first-order valence-electron chi connectivity index (χ1n) is 7.30. The van der Waals surface area contributed by atoms with Crippen LogP contribution in [0.2, 0.25) is 0 Å². The number of benzene rings is 1. The van der Waals surface area contributed by atoms with Gasteiger partial charge in [0, 0.05) is 19.0 Å². The predicted octanol–water partition coefficient (Wildman–Crippen LogP) is 3.00. The number of hydrogen-bond donors (Lipinski definition) is 2. The molecule has 0 saturated heterocycles. The number of carboxylic acid groups (broad SMARTS) is 1. The molecule has 2 heterocycles. The fourth-order valence-corrected chi connectivity index (χ4v) is 2.42. The van der Waals surface area contributed by atoms with E-state index in [2.05, 4.69) is 21.7 Å². The van der Waals surface area contributed by atoms with Gasteiger partial charge in [0.1, 0.15) is 11.3 Å². The van der Waals surface area contributed by atoms with E-state index in [4.69, 9.17) is 15.3 Å². The maximum Gasteiger partial charge on any atom is 0.490 e. The molecule has 0 bridgehead atoms. The number of hydrogen-bond acceptors (Lipinski definition) is 3. The van der Waals surface area contributed by atoms with Crippen molar-refractivity contribution in [2.45, 2.75) is 32.0 Å². The monoisotopic (exact) mass is 339 g/mol. The van der Waals surface area contributed by atoms with Gasteiger partial charge < -0.3 is 9.67 Å². The number of nitrogens with zero attached hydrogens (tertiary/aromatic N) is 2. The molecule has 24 heavy (non-hydrogen) atoms. The van der Waals surface area contributed by atoms with Gasteiger partial charge in [-0.3, -0.25) is 5.41 Å². The maximum atomic E-state index is 10.6. The summed E-state index contributed by atoms with van der Waals surface area (Å²) >= 11 is 0. The first kappa shape index (κ1) is 17.7. The second kappa shape index (κ2) is 7.29. The highest BCUT2D eigenvalue weighted by atomic mass is 19.4. The van der Waals surface area contributed by atoms with Crippen LogP contribution in [0.5, 0.6) is 0 Å². The zero-order chi connectivity index (χ0) is 17.7. The quantitative estimate of drug-likeness (QED) is 0.838. The molecule has 0 aliphatic carbocycles. The Bertz CT molecular complexity index is 770. The Labute approximate surface area is 135 Å². The average Bonchev–Trinajstić information content (AvgIpc) is 2.54. The number of alkyl halides is 3. The third-order valence-electron chi connectivity index (χ3n) is 3.47. The van der Waals surface area contributed by atoms with Crippen molar-refractivity contribution >= 4 is 5.97 Å². The molecule has 1 aliphatic rings. The van der Waals surface area contributed by atoms with E-state index < -0.39 is 12.1 Å². The number of aryl methyl sites for hydroxylation is 1. The third kappa shape index (κ3) is 4.43. The molecule has 2 aromatic rings. The Balaban J connectivity index is 0.000000256. The van der Waals surface area contributed by atoms with Crippen molar-refractivity contribution in [2.24, 2.45) is 0 Å². The Morgan fingerprint density at radius 2 is 1.83 bits per heavy atom. The van der Waals surface area contributed by atoms with E-state index in [0.29, 0.717) is 5.49 Å². The molecule has 5 nitrogen and oxygen atoms in total. The van der Waals surface area contributed by atoms with Crippen molar-refractivity contribution in [3.63, 3.8) is 0 Å². The van der Waals surface area contributed by atoms with Crippen molar-refractivity contribution in [2.75, 3.05) is 0 Å².